The van der Waals surface area contributed by atoms with E-state index in [1.54, 1.807) is 0 Å². The summed E-state index contributed by atoms with van der Waals surface area (Å²) in [6.45, 7) is 5.90. The van der Waals surface area contributed by atoms with Gasteiger partial charge in [-0.25, -0.2) is 4.79 Å². The lowest BCUT2D eigenvalue weighted by atomic mass is 10.1. The van der Waals surface area contributed by atoms with Crippen LogP contribution in [0.1, 0.15) is 48.8 Å². The Morgan fingerprint density at radius 1 is 1.40 bits per heavy atom. The zero-order chi connectivity index (χ0) is 19.2. The Morgan fingerprint density at radius 2 is 2.04 bits per heavy atom. The first-order valence-corrected chi connectivity index (χ1v) is 9.54. The van der Waals surface area contributed by atoms with Crippen LogP contribution in [0.4, 0.5) is 0 Å². The average Bonchev–Trinajstić information content (AvgIpc) is 2.85. The molecule has 0 radical (unpaired) electrons. The molecule has 0 amide bonds. The van der Waals surface area contributed by atoms with Crippen LogP contribution in [0.5, 0.6) is 0 Å². The first kappa shape index (κ1) is 22.5. The fourth-order valence-corrected chi connectivity index (χ4v) is 3.80. The Balaban J connectivity index is 2.63. The molecule has 1 aromatic rings. The molecule has 9 heteroatoms. The highest BCUT2D eigenvalue weighted by Gasteiger charge is 2.22. The summed E-state index contributed by atoms with van der Waals surface area (Å²) in [4.78, 5) is 12.3. The number of aliphatic hydroxyl groups is 2. The van der Waals surface area contributed by atoms with Crippen LogP contribution in [-0.2, 0) is 16.0 Å². The molecule has 144 valence electrons. The number of rotatable bonds is 9. The van der Waals surface area contributed by atoms with E-state index in [9.17, 15) is 15.0 Å². The van der Waals surface area contributed by atoms with Crippen molar-refractivity contribution < 1.29 is 24.5 Å². The minimum Gasteiger partial charge on any atom is -0.465 e. The second kappa shape index (κ2) is 9.96. The first-order valence-electron chi connectivity index (χ1n) is 7.93. The fraction of sp³-hybridized carbons (Fsp3) is 0.688. The van der Waals surface area contributed by atoms with Crippen LogP contribution in [0.2, 0.25) is 0 Å². The van der Waals surface area contributed by atoms with Crippen molar-refractivity contribution in [3.63, 3.8) is 0 Å². The molecule has 0 spiro atoms. The van der Waals surface area contributed by atoms with E-state index in [0.717, 1.165) is 9.35 Å². The molecule has 1 aromatic heterocycles. The van der Waals surface area contributed by atoms with E-state index in [-0.39, 0.29) is 0 Å². The number of nitrogens with two attached hydrogens (primary N) is 1. The monoisotopic (exact) mass is 438 g/mol. The van der Waals surface area contributed by atoms with E-state index in [4.69, 9.17) is 15.2 Å². The van der Waals surface area contributed by atoms with E-state index >= 15 is 0 Å². The van der Waals surface area contributed by atoms with E-state index in [1.807, 2.05) is 26.8 Å². The van der Waals surface area contributed by atoms with Crippen LogP contribution in [0.15, 0.2) is 9.85 Å². The Hall–Kier alpha value is -0.550. The number of methoxy groups -OCH3 is 1. The van der Waals surface area contributed by atoms with Crippen LogP contribution in [0.3, 0.4) is 0 Å². The molecular weight excluding hydrogens is 412 g/mol. The van der Waals surface area contributed by atoms with Gasteiger partial charge in [0.2, 0.25) is 0 Å². The molecular formula is C16H27BrN2O5S. The summed E-state index contributed by atoms with van der Waals surface area (Å²) in [5.41, 5.74) is 5.91. The number of nitrogens with one attached hydrogen (secondary N) is 1. The second-order valence-electron chi connectivity index (χ2n) is 6.64. The molecule has 25 heavy (non-hydrogen) atoms. The van der Waals surface area contributed by atoms with Gasteiger partial charge >= 0.3 is 5.97 Å². The molecule has 0 unspecified atom stereocenters. The number of aliphatic hydroxyl groups excluding tert-OH is 2. The smallest absolute Gasteiger partial charge is 0.348 e. The fourth-order valence-electron chi connectivity index (χ4n) is 2.22. The number of hydrogen-bond acceptors (Lipinski definition) is 8. The molecule has 0 bridgehead atoms. The van der Waals surface area contributed by atoms with Gasteiger partial charge in [-0.05, 0) is 61.2 Å². The van der Waals surface area contributed by atoms with Gasteiger partial charge in [-0.15, -0.1) is 11.3 Å². The quantitative estimate of drug-likeness (QED) is 0.344. The molecule has 0 aliphatic carbocycles. The lowest BCUT2D eigenvalue weighted by Crippen LogP contribution is -2.45. The van der Waals surface area contributed by atoms with Gasteiger partial charge < -0.3 is 30.7 Å². The van der Waals surface area contributed by atoms with Crippen LogP contribution in [-0.4, -0.2) is 47.5 Å². The summed E-state index contributed by atoms with van der Waals surface area (Å²) < 4.78 is 11.0. The maximum atomic E-state index is 11.8. The lowest BCUT2D eigenvalue weighted by molar-refractivity contribution is -0.169. The number of carbonyl (C=O) groups is 1. The molecule has 0 aliphatic heterocycles. The van der Waals surface area contributed by atoms with Crippen LogP contribution in [0, 0.1) is 0 Å². The average molecular weight is 439 g/mol. The third-order valence-corrected chi connectivity index (χ3v) is 4.99. The molecule has 7 nitrogen and oxygen atoms in total. The van der Waals surface area contributed by atoms with Crippen molar-refractivity contribution in [3.8, 4) is 0 Å². The maximum Gasteiger partial charge on any atom is 0.348 e. The summed E-state index contributed by atoms with van der Waals surface area (Å²) in [7, 11) is 1.33. The summed E-state index contributed by atoms with van der Waals surface area (Å²) in [5.74, 6) is -0.411. The number of hydrogen-bond donors (Lipinski definition) is 4. The van der Waals surface area contributed by atoms with Crippen molar-refractivity contribution in [1.29, 1.82) is 0 Å². The summed E-state index contributed by atoms with van der Waals surface area (Å²) in [5, 5.41) is 22.8. The third-order valence-electron chi connectivity index (χ3n) is 3.33. The number of carbonyl (C=O) groups excluding carboxylic acids is 1. The van der Waals surface area contributed by atoms with Crippen molar-refractivity contribution in [3.05, 3.63) is 20.3 Å². The minimum atomic E-state index is -1.11. The molecule has 1 rings (SSSR count). The highest BCUT2D eigenvalue weighted by atomic mass is 79.9. The number of ether oxygens (including phenoxy) is 2. The van der Waals surface area contributed by atoms with Crippen molar-refractivity contribution in [2.45, 2.75) is 64.3 Å². The molecule has 0 aromatic carbocycles. The Kier molecular flexibility index (Phi) is 8.96. The summed E-state index contributed by atoms with van der Waals surface area (Å²) in [6.07, 6.45) is -1.32. The molecule has 3 atom stereocenters. The number of halogens is 1. The van der Waals surface area contributed by atoms with E-state index in [0.29, 0.717) is 24.3 Å². The zero-order valence-corrected chi connectivity index (χ0v) is 17.3. The molecule has 0 fully saturated rings. The summed E-state index contributed by atoms with van der Waals surface area (Å²) >= 11 is 4.63. The zero-order valence-electron chi connectivity index (χ0n) is 14.9. The van der Waals surface area contributed by atoms with Gasteiger partial charge in [-0.2, -0.15) is 0 Å². The van der Waals surface area contributed by atoms with E-state index in [1.165, 1.54) is 18.4 Å². The van der Waals surface area contributed by atoms with Crippen LogP contribution >= 0.6 is 27.3 Å². The van der Waals surface area contributed by atoms with Gasteiger partial charge in [0.15, 0.2) is 6.29 Å². The largest absolute Gasteiger partial charge is 0.465 e. The Morgan fingerprint density at radius 3 is 2.56 bits per heavy atom. The molecule has 0 aliphatic rings. The maximum absolute atomic E-state index is 11.8. The van der Waals surface area contributed by atoms with Gasteiger partial charge in [-0.3, -0.25) is 0 Å². The SMILES string of the molecule is COC(=O)c1sc(Br)cc1CN[C@@H](CC[C@@H](O)OC(C)(C)C)[C@@H](N)O. The topological polar surface area (TPSA) is 114 Å². The van der Waals surface area contributed by atoms with Gasteiger partial charge in [0.1, 0.15) is 11.1 Å². The van der Waals surface area contributed by atoms with Crippen molar-refractivity contribution >= 4 is 33.2 Å². The summed E-state index contributed by atoms with van der Waals surface area (Å²) in [6, 6.07) is 1.36. The normalized spacial score (nSPS) is 15.7. The van der Waals surface area contributed by atoms with Crippen molar-refractivity contribution in [1.82, 2.24) is 5.32 Å². The first-order chi connectivity index (χ1) is 11.5. The number of thiophene rings is 1. The standard InChI is InChI=1S/C16H27BrN2O5S/c1-16(2,3)24-12(20)6-5-10(14(18)21)19-8-9-7-11(17)25-13(9)15(22)23-4/h7,10,12,14,19-21H,5-6,8,18H2,1-4H3/t10-,12-,14-/m0/s1. The predicted octanol–water partition coefficient (Wildman–Crippen LogP) is 1.95. The number of esters is 1. The predicted molar refractivity (Wildman–Crippen MR) is 100 cm³/mol. The van der Waals surface area contributed by atoms with Crippen LogP contribution in [0.25, 0.3) is 0 Å². The Bertz CT molecular complexity index is 559. The lowest BCUT2D eigenvalue weighted by Gasteiger charge is -2.26. The van der Waals surface area contributed by atoms with Crippen LogP contribution < -0.4 is 11.1 Å². The third kappa shape index (κ3) is 8.12. The molecule has 0 saturated heterocycles. The highest BCUT2D eigenvalue weighted by Crippen LogP contribution is 2.28. The van der Waals surface area contributed by atoms with E-state index in [2.05, 4.69) is 21.2 Å². The minimum absolute atomic E-state index is 0.320. The molecule has 5 N–H and O–H groups in total. The van der Waals surface area contributed by atoms with Gasteiger partial charge in [-0.1, -0.05) is 0 Å². The van der Waals surface area contributed by atoms with Crippen molar-refractivity contribution in [2.75, 3.05) is 7.11 Å². The molecule has 1 heterocycles. The van der Waals surface area contributed by atoms with E-state index < -0.39 is 30.1 Å². The second-order valence-corrected chi connectivity index (χ2v) is 9.07. The van der Waals surface area contributed by atoms with Gasteiger partial charge in [0, 0.05) is 12.6 Å². The Labute approximate surface area is 160 Å². The highest BCUT2D eigenvalue weighted by molar-refractivity contribution is 9.11. The van der Waals surface area contributed by atoms with Gasteiger partial charge in [0.05, 0.1) is 16.5 Å². The molecule has 0 saturated carbocycles. The van der Waals surface area contributed by atoms with Gasteiger partial charge in [0.25, 0.3) is 0 Å². The van der Waals surface area contributed by atoms with Crippen molar-refractivity contribution in [2.24, 2.45) is 5.73 Å².